The molecule has 32 heavy (non-hydrogen) atoms. The summed E-state index contributed by atoms with van der Waals surface area (Å²) in [6, 6.07) is 19.2. The molecule has 0 amide bonds. The van der Waals surface area contributed by atoms with Gasteiger partial charge >= 0.3 is 0 Å². The van der Waals surface area contributed by atoms with E-state index in [-0.39, 0.29) is 31.1 Å². The van der Waals surface area contributed by atoms with Crippen molar-refractivity contribution in [3.63, 3.8) is 0 Å². The Morgan fingerprint density at radius 2 is 1.81 bits per heavy atom. The molecule has 0 unspecified atom stereocenters. The number of nitrogens with one attached hydrogen (secondary N) is 1. The maximum Gasteiger partial charge on any atom is 0.166 e. The fraction of sp³-hybridized carbons (Fsp3) is 0.360. The predicted octanol–water partition coefficient (Wildman–Crippen LogP) is 3.40. The first-order valence-electron chi connectivity index (χ1n) is 10.9. The zero-order chi connectivity index (χ0) is 22.3. The number of aromatic nitrogens is 2. The van der Waals surface area contributed by atoms with E-state index in [2.05, 4.69) is 15.3 Å². The van der Waals surface area contributed by atoms with Gasteiger partial charge < -0.3 is 20.3 Å². The molecule has 1 saturated carbocycles. The van der Waals surface area contributed by atoms with Gasteiger partial charge in [0.25, 0.3) is 0 Å². The van der Waals surface area contributed by atoms with Crippen molar-refractivity contribution in [1.29, 1.82) is 0 Å². The van der Waals surface area contributed by atoms with Gasteiger partial charge in [0.15, 0.2) is 5.82 Å². The molecule has 7 heteroatoms. The Labute approximate surface area is 193 Å². The monoisotopic (exact) mass is 453 g/mol. The van der Waals surface area contributed by atoms with Crippen molar-refractivity contribution in [2.45, 2.75) is 38.1 Å². The lowest BCUT2D eigenvalue weighted by molar-refractivity contribution is 0.0715. The maximum atomic E-state index is 10.5. The van der Waals surface area contributed by atoms with Crippen LogP contribution in [-0.4, -0.2) is 38.9 Å². The Morgan fingerprint density at radius 1 is 1.03 bits per heavy atom. The quantitative estimate of drug-likeness (QED) is 0.460. The smallest absolute Gasteiger partial charge is 0.166 e. The third kappa shape index (κ3) is 5.64. The average molecular weight is 454 g/mol. The molecule has 0 aliphatic heterocycles. The fourth-order valence-electron chi connectivity index (χ4n) is 4.39. The summed E-state index contributed by atoms with van der Waals surface area (Å²) >= 11 is 6.29. The van der Waals surface area contributed by atoms with E-state index in [9.17, 15) is 10.2 Å². The minimum absolute atomic E-state index is 0.0373. The number of halogens is 1. The SMILES string of the molecule is OC[C@@H]1[C@@H](Cc2ccnc(COc3ccccc3)n2)[C@H](NCc2ccccc2Cl)C[C@H]1O. The van der Waals surface area contributed by atoms with Crippen LogP contribution in [0.1, 0.15) is 23.5 Å². The van der Waals surface area contributed by atoms with Crippen molar-refractivity contribution in [3.05, 3.63) is 89.0 Å². The number of benzene rings is 2. The molecular weight excluding hydrogens is 426 g/mol. The van der Waals surface area contributed by atoms with Crippen molar-refractivity contribution in [2.24, 2.45) is 11.8 Å². The van der Waals surface area contributed by atoms with Crippen molar-refractivity contribution in [1.82, 2.24) is 15.3 Å². The number of nitrogens with zero attached hydrogens (tertiary/aromatic N) is 2. The van der Waals surface area contributed by atoms with E-state index < -0.39 is 6.10 Å². The average Bonchev–Trinajstić information content (AvgIpc) is 3.12. The van der Waals surface area contributed by atoms with E-state index in [1.807, 2.05) is 60.7 Å². The third-order valence-electron chi connectivity index (χ3n) is 6.10. The maximum absolute atomic E-state index is 10.5. The van der Waals surface area contributed by atoms with Gasteiger partial charge in [0.05, 0.1) is 6.10 Å². The van der Waals surface area contributed by atoms with E-state index >= 15 is 0 Å². The van der Waals surface area contributed by atoms with Gasteiger partial charge in [-0.15, -0.1) is 0 Å². The van der Waals surface area contributed by atoms with Crippen LogP contribution in [0, 0.1) is 11.8 Å². The minimum atomic E-state index is -0.559. The molecule has 4 rings (SSSR count). The van der Waals surface area contributed by atoms with Gasteiger partial charge in [0.1, 0.15) is 12.4 Å². The first-order chi connectivity index (χ1) is 15.6. The Morgan fingerprint density at radius 3 is 2.59 bits per heavy atom. The Bertz CT molecular complexity index is 1000. The van der Waals surface area contributed by atoms with Gasteiger partial charge in [-0.05, 0) is 48.6 Å². The van der Waals surface area contributed by atoms with E-state index in [4.69, 9.17) is 16.3 Å². The molecule has 6 nitrogen and oxygen atoms in total. The fourth-order valence-corrected chi connectivity index (χ4v) is 4.59. The van der Waals surface area contributed by atoms with Gasteiger partial charge in [-0.25, -0.2) is 9.97 Å². The zero-order valence-electron chi connectivity index (χ0n) is 17.8. The van der Waals surface area contributed by atoms with E-state index in [1.165, 1.54) is 0 Å². The molecule has 3 N–H and O–H groups in total. The summed E-state index contributed by atoms with van der Waals surface area (Å²) in [7, 11) is 0. The highest BCUT2D eigenvalue weighted by Crippen LogP contribution is 2.35. The molecule has 1 heterocycles. The molecule has 4 atom stereocenters. The summed E-state index contributed by atoms with van der Waals surface area (Å²) in [6.07, 6.45) is 2.38. The third-order valence-corrected chi connectivity index (χ3v) is 6.47. The summed E-state index contributed by atoms with van der Waals surface area (Å²) in [5, 5.41) is 24.7. The van der Waals surface area contributed by atoms with Crippen LogP contribution in [0.4, 0.5) is 0 Å². The molecule has 0 bridgehead atoms. The molecule has 1 aliphatic carbocycles. The van der Waals surface area contributed by atoms with Crippen LogP contribution in [0.15, 0.2) is 66.9 Å². The van der Waals surface area contributed by atoms with Crippen LogP contribution in [0.3, 0.4) is 0 Å². The van der Waals surface area contributed by atoms with Crippen LogP contribution in [0.5, 0.6) is 5.75 Å². The van der Waals surface area contributed by atoms with Crippen LogP contribution < -0.4 is 10.1 Å². The zero-order valence-corrected chi connectivity index (χ0v) is 18.5. The van der Waals surface area contributed by atoms with Crippen LogP contribution >= 0.6 is 11.6 Å². The van der Waals surface area contributed by atoms with Gasteiger partial charge in [-0.2, -0.15) is 0 Å². The molecular formula is C25H28ClN3O3. The summed E-state index contributed by atoms with van der Waals surface area (Å²) in [4.78, 5) is 8.99. The van der Waals surface area contributed by atoms with E-state index in [0.29, 0.717) is 30.2 Å². The lowest BCUT2D eigenvalue weighted by atomic mass is 9.88. The van der Waals surface area contributed by atoms with Crippen LogP contribution in [0.2, 0.25) is 5.02 Å². The second-order valence-corrected chi connectivity index (χ2v) is 8.57. The Hall–Kier alpha value is -2.51. The molecule has 168 valence electrons. The summed E-state index contributed by atoms with van der Waals surface area (Å²) in [6.45, 7) is 0.819. The van der Waals surface area contributed by atoms with E-state index in [0.717, 1.165) is 17.0 Å². The predicted molar refractivity (Wildman–Crippen MR) is 123 cm³/mol. The largest absolute Gasteiger partial charge is 0.486 e. The van der Waals surface area contributed by atoms with Crippen LogP contribution in [0.25, 0.3) is 0 Å². The van der Waals surface area contributed by atoms with Gasteiger partial charge in [0, 0.05) is 42.0 Å². The number of aliphatic hydroxyl groups excluding tert-OH is 2. The Balaban J connectivity index is 1.43. The molecule has 2 aromatic carbocycles. The molecule has 1 fully saturated rings. The number of rotatable bonds is 9. The number of hydrogen-bond donors (Lipinski definition) is 3. The number of hydrogen-bond acceptors (Lipinski definition) is 6. The highest BCUT2D eigenvalue weighted by molar-refractivity contribution is 6.31. The van der Waals surface area contributed by atoms with Crippen molar-refractivity contribution >= 4 is 11.6 Å². The molecule has 1 aromatic heterocycles. The van der Waals surface area contributed by atoms with Gasteiger partial charge in [-0.1, -0.05) is 48.0 Å². The van der Waals surface area contributed by atoms with Crippen molar-refractivity contribution < 1.29 is 14.9 Å². The van der Waals surface area contributed by atoms with Crippen molar-refractivity contribution in [3.8, 4) is 5.75 Å². The number of para-hydroxylation sites is 1. The second-order valence-electron chi connectivity index (χ2n) is 8.16. The minimum Gasteiger partial charge on any atom is -0.486 e. The first kappa shape index (κ1) is 22.7. The number of aliphatic hydroxyl groups is 2. The highest BCUT2D eigenvalue weighted by atomic mass is 35.5. The lowest BCUT2D eigenvalue weighted by Crippen LogP contribution is -2.36. The Kier molecular flexibility index (Phi) is 7.71. The van der Waals surface area contributed by atoms with Gasteiger partial charge in [0.2, 0.25) is 0 Å². The second kappa shape index (κ2) is 10.9. The van der Waals surface area contributed by atoms with Crippen LogP contribution in [-0.2, 0) is 19.6 Å². The first-order valence-corrected chi connectivity index (χ1v) is 11.3. The topological polar surface area (TPSA) is 87.5 Å². The summed E-state index contributed by atoms with van der Waals surface area (Å²) in [5.41, 5.74) is 1.88. The molecule has 0 spiro atoms. The number of ether oxygens (including phenoxy) is 1. The highest BCUT2D eigenvalue weighted by Gasteiger charge is 2.42. The van der Waals surface area contributed by atoms with E-state index in [1.54, 1.807) is 6.20 Å². The standard InChI is InChI=1S/C25H28ClN3O3/c26-22-9-5-4-6-17(22)14-28-23-13-24(31)21(15-30)20(23)12-18-10-11-27-25(29-18)16-32-19-7-2-1-3-8-19/h1-11,20-21,23-24,28,30-31H,12-16H2/t20-,21-,23-,24-/m1/s1. The summed E-state index contributed by atoms with van der Waals surface area (Å²) in [5.74, 6) is 1.20. The molecule has 1 aliphatic rings. The molecule has 0 radical (unpaired) electrons. The summed E-state index contributed by atoms with van der Waals surface area (Å²) < 4.78 is 5.77. The normalized spacial score (nSPS) is 22.7. The molecule has 3 aromatic rings. The molecule has 0 saturated heterocycles. The lowest BCUT2D eigenvalue weighted by Gasteiger charge is -2.25. The van der Waals surface area contributed by atoms with Crippen molar-refractivity contribution in [2.75, 3.05) is 6.61 Å². The van der Waals surface area contributed by atoms with Gasteiger partial charge in [-0.3, -0.25) is 0 Å².